The Morgan fingerprint density at radius 2 is 1.73 bits per heavy atom. The van der Waals surface area contributed by atoms with Crippen LogP contribution in [0.4, 0.5) is 0 Å². The van der Waals surface area contributed by atoms with E-state index in [1.165, 1.54) is 0 Å². The van der Waals surface area contributed by atoms with Crippen molar-refractivity contribution in [1.29, 1.82) is 0 Å². The number of para-hydroxylation sites is 1. The molecule has 6 nitrogen and oxygen atoms in total. The number of carboxylic acid groups (broad SMARTS) is 1. The number of aryl methyl sites for hydroxylation is 2. The van der Waals surface area contributed by atoms with Gasteiger partial charge in [0.05, 0.1) is 6.61 Å². The van der Waals surface area contributed by atoms with Crippen molar-refractivity contribution in [2.45, 2.75) is 27.3 Å². The highest BCUT2D eigenvalue weighted by Gasteiger charge is 2.13. The summed E-state index contributed by atoms with van der Waals surface area (Å²) in [6.07, 6.45) is 0. The van der Waals surface area contributed by atoms with Crippen molar-refractivity contribution in [1.82, 2.24) is 5.32 Å². The van der Waals surface area contributed by atoms with Gasteiger partial charge in [-0.25, -0.2) is 4.79 Å². The van der Waals surface area contributed by atoms with Crippen LogP contribution in [0.3, 0.4) is 0 Å². The molecule has 138 valence electrons. The molecule has 0 bridgehead atoms. The van der Waals surface area contributed by atoms with Crippen LogP contribution in [-0.2, 0) is 11.3 Å². The highest BCUT2D eigenvalue weighted by Crippen LogP contribution is 2.25. The summed E-state index contributed by atoms with van der Waals surface area (Å²) >= 11 is 0. The van der Waals surface area contributed by atoms with Gasteiger partial charge >= 0.3 is 5.97 Å². The van der Waals surface area contributed by atoms with Gasteiger partial charge in [0, 0.05) is 17.7 Å². The molecule has 0 aliphatic rings. The molecule has 2 aromatic rings. The van der Waals surface area contributed by atoms with Crippen LogP contribution in [0.2, 0.25) is 0 Å². The van der Waals surface area contributed by atoms with Gasteiger partial charge in [-0.1, -0.05) is 18.2 Å². The summed E-state index contributed by atoms with van der Waals surface area (Å²) in [7, 11) is 0. The predicted octanol–water partition coefficient (Wildman–Crippen LogP) is 3.10. The molecule has 0 atom stereocenters. The van der Waals surface area contributed by atoms with E-state index in [-0.39, 0.29) is 5.91 Å². The minimum atomic E-state index is -1.04. The van der Waals surface area contributed by atoms with Crippen molar-refractivity contribution in [2.24, 2.45) is 0 Å². The monoisotopic (exact) mass is 357 g/mol. The zero-order valence-corrected chi connectivity index (χ0v) is 15.2. The van der Waals surface area contributed by atoms with Gasteiger partial charge in [0.25, 0.3) is 5.91 Å². The molecule has 0 radical (unpaired) electrons. The second kappa shape index (κ2) is 8.89. The van der Waals surface area contributed by atoms with Crippen LogP contribution < -0.4 is 14.8 Å². The minimum absolute atomic E-state index is 0.215. The van der Waals surface area contributed by atoms with E-state index in [1.807, 2.05) is 31.2 Å². The number of nitrogens with one attached hydrogen (secondary N) is 1. The molecular formula is C20H23NO5. The number of benzene rings is 2. The largest absolute Gasteiger partial charge is 0.494 e. The zero-order chi connectivity index (χ0) is 19.1. The van der Waals surface area contributed by atoms with Crippen LogP contribution in [0.1, 0.15) is 34.0 Å². The van der Waals surface area contributed by atoms with Crippen molar-refractivity contribution >= 4 is 11.9 Å². The maximum absolute atomic E-state index is 12.5. The van der Waals surface area contributed by atoms with E-state index in [0.717, 1.165) is 11.3 Å². The maximum atomic E-state index is 12.5. The smallest absolute Gasteiger partial charge is 0.341 e. The van der Waals surface area contributed by atoms with E-state index < -0.39 is 12.6 Å². The number of aliphatic carboxylic acids is 1. The van der Waals surface area contributed by atoms with Crippen molar-refractivity contribution in [3.05, 3.63) is 58.7 Å². The van der Waals surface area contributed by atoms with E-state index in [2.05, 4.69) is 5.32 Å². The van der Waals surface area contributed by atoms with Crippen LogP contribution in [-0.4, -0.2) is 30.2 Å². The highest BCUT2D eigenvalue weighted by molar-refractivity contribution is 5.94. The molecule has 6 heteroatoms. The molecule has 0 aliphatic heterocycles. The number of carboxylic acids is 1. The standard InChI is InChI=1S/C20H23NO5/c1-4-25-17-8-6-5-7-15(17)11-21-20(24)16-9-13(2)19(14(3)10-16)26-12-18(22)23/h5-10H,4,11-12H2,1-3H3,(H,21,24)(H,22,23). The van der Waals surface area contributed by atoms with Gasteiger partial charge in [-0.2, -0.15) is 0 Å². The lowest BCUT2D eigenvalue weighted by Gasteiger charge is -2.14. The third-order valence-electron chi connectivity index (χ3n) is 3.77. The summed E-state index contributed by atoms with van der Waals surface area (Å²) in [6, 6.07) is 10.9. The van der Waals surface area contributed by atoms with Crippen molar-refractivity contribution in [3.63, 3.8) is 0 Å². The van der Waals surface area contributed by atoms with Crippen molar-refractivity contribution in [2.75, 3.05) is 13.2 Å². The Labute approximate surface area is 152 Å². The topological polar surface area (TPSA) is 84.9 Å². The first-order valence-corrected chi connectivity index (χ1v) is 8.37. The first kappa shape index (κ1) is 19.3. The number of ether oxygens (including phenoxy) is 2. The van der Waals surface area contributed by atoms with E-state index >= 15 is 0 Å². The van der Waals surface area contributed by atoms with Crippen LogP contribution in [0.5, 0.6) is 11.5 Å². The van der Waals surface area contributed by atoms with Gasteiger partial charge in [-0.3, -0.25) is 4.79 Å². The molecular weight excluding hydrogens is 334 g/mol. The Morgan fingerprint density at radius 1 is 1.08 bits per heavy atom. The number of carbonyl (C=O) groups excluding carboxylic acids is 1. The molecule has 0 heterocycles. The average molecular weight is 357 g/mol. The lowest BCUT2D eigenvalue weighted by atomic mass is 10.0. The van der Waals surface area contributed by atoms with Crippen LogP contribution in [0.15, 0.2) is 36.4 Å². The molecule has 0 spiro atoms. The lowest BCUT2D eigenvalue weighted by molar-refractivity contribution is -0.139. The van der Waals surface area contributed by atoms with Gasteiger partial charge in [0.1, 0.15) is 11.5 Å². The number of carbonyl (C=O) groups is 2. The van der Waals surface area contributed by atoms with E-state index in [1.54, 1.807) is 26.0 Å². The van der Waals surface area contributed by atoms with Gasteiger partial charge in [0.2, 0.25) is 0 Å². The fraction of sp³-hybridized carbons (Fsp3) is 0.300. The summed E-state index contributed by atoms with van der Waals surface area (Å²) in [5, 5.41) is 11.6. The van der Waals surface area contributed by atoms with Gasteiger partial charge in [-0.15, -0.1) is 0 Å². The molecule has 2 rings (SSSR count). The molecule has 0 unspecified atom stereocenters. The summed E-state index contributed by atoms with van der Waals surface area (Å²) in [5.74, 6) is -0.0170. The van der Waals surface area contributed by atoms with E-state index in [0.29, 0.717) is 35.6 Å². The van der Waals surface area contributed by atoms with Crippen LogP contribution in [0, 0.1) is 13.8 Å². The van der Waals surface area contributed by atoms with Gasteiger partial charge < -0.3 is 19.9 Å². The normalized spacial score (nSPS) is 10.3. The fourth-order valence-electron chi connectivity index (χ4n) is 2.67. The van der Waals surface area contributed by atoms with Crippen LogP contribution in [0.25, 0.3) is 0 Å². The Balaban J connectivity index is 2.09. The average Bonchev–Trinajstić information content (AvgIpc) is 2.60. The van der Waals surface area contributed by atoms with Gasteiger partial charge in [0.15, 0.2) is 6.61 Å². The second-order valence-corrected chi connectivity index (χ2v) is 5.84. The lowest BCUT2D eigenvalue weighted by Crippen LogP contribution is -2.23. The van der Waals surface area contributed by atoms with Gasteiger partial charge in [-0.05, 0) is 50.1 Å². The molecule has 2 aromatic carbocycles. The Kier molecular flexibility index (Phi) is 6.60. The van der Waals surface area contributed by atoms with Crippen LogP contribution >= 0.6 is 0 Å². The zero-order valence-electron chi connectivity index (χ0n) is 15.2. The molecule has 0 saturated carbocycles. The number of hydrogen-bond donors (Lipinski definition) is 2. The third kappa shape index (κ3) is 4.99. The summed E-state index contributed by atoms with van der Waals surface area (Å²) in [5.41, 5.74) is 2.83. The summed E-state index contributed by atoms with van der Waals surface area (Å²) in [4.78, 5) is 23.1. The Bertz CT molecular complexity index is 778. The molecule has 0 aliphatic carbocycles. The highest BCUT2D eigenvalue weighted by atomic mass is 16.5. The quantitative estimate of drug-likeness (QED) is 0.758. The van der Waals surface area contributed by atoms with E-state index in [4.69, 9.17) is 14.6 Å². The fourth-order valence-corrected chi connectivity index (χ4v) is 2.67. The summed E-state index contributed by atoms with van der Waals surface area (Å²) < 4.78 is 10.8. The van der Waals surface area contributed by atoms with Crippen molar-refractivity contribution in [3.8, 4) is 11.5 Å². The Hall–Kier alpha value is -3.02. The third-order valence-corrected chi connectivity index (χ3v) is 3.77. The van der Waals surface area contributed by atoms with Crippen molar-refractivity contribution < 1.29 is 24.2 Å². The Morgan fingerprint density at radius 3 is 2.35 bits per heavy atom. The number of amides is 1. The summed E-state index contributed by atoms with van der Waals surface area (Å²) in [6.45, 7) is 5.97. The molecule has 1 amide bonds. The first-order chi connectivity index (χ1) is 12.4. The minimum Gasteiger partial charge on any atom is -0.494 e. The van der Waals surface area contributed by atoms with E-state index in [9.17, 15) is 9.59 Å². The molecule has 26 heavy (non-hydrogen) atoms. The number of hydrogen-bond acceptors (Lipinski definition) is 4. The molecule has 0 saturated heterocycles. The molecule has 0 aromatic heterocycles. The molecule has 0 fully saturated rings. The molecule has 2 N–H and O–H groups in total. The SMILES string of the molecule is CCOc1ccccc1CNC(=O)c1cc(C)c(OCC(=O)O)c(C)c1. The first-order valence-electron chi connectivity index (χ1n) is 8.37. The second-order valence-electron chi connectivity index (χ2n) is 5.84. The predicted molar refractivity (Wildman–Crippen MR) is 97.8 cm³/mol. The number of rotatable bonds is 8. The maximum Gasteiger partial charge on any atom is 0.341 e.